The molecule has 0 aliphatic heterocycles. The van der Waals surface area contributed by atoms with E-state index in [9.17, 15) is 13.5 Å². The number of fused-ring (bicyclic) bond motifs is 1. The van der Waals surface area contributed by atoms with Crippen molar-refractivity contribution in [3.63, 3.8) is 0 Å². The first kappa shape index (κ1) is 9.61. The molecule has 0 unspecified atom stereocenters. The van der Waals surface area contributed by atoms with E-state index < -0.39 is 16.3 Å². The SMILES string of the molecule is Nc1ncnc2c1nc(O)n2S(=O)(=O)O. The fourth-order valence-corrected chi connectivity index (χ4v) is 1.69. The van der Waals surface area contributed by atoms with Crippen LogP contribution in [0.3, 0.4) is 0 Å². The van der Waals surface area contributed by atoms with Crippen molar-refractivity contribution >= 4 is 27.3 Å². The molecule has 15 heavy (non-hydrogen) atoms. The van der Waals surface area contributed by atoms with Crippen molar-refractivity contribution in [3.8, 4) is 6.01 Å². The molecule has 4 N–H and O–H groups in total. The molecule has 2 heterocycles. The van der Waals surface area contributed by atoms with Crippen LogP contribution in [0.4, 0.5) is 5.82 Å². The van der Waals surface area contributed by atoms with E-state index in [1.807, 2.05) is 0 Å². The van der Waals surface area contributed by atoms with E-state index in [1.165, 1.54) is 0 Å². The van der Waals surface area contributed by atoms with E-state index in [0.717, 1.165) is 6.33 Å². The van der Waals surface area contributed by atoms with Crippen molar-refractivity contribution in [1.29, 1.82) is 0 Å². The summed E-state index contributed by atoms with van der Waals surface area (Å²) in [4.78, 5) is 10.5. The summed E-state index contributed by atoms with van der Waals surface area (Å²) in [5.41, 5.74) is 4.97. The predicted molar refractivity (Wildman–Crippen MR) is 48.3 cm³/mol. The number of aromatic nitrogens is 4. The summed E-state index contributed by atoms with van der Waals surface area (Å²) in [5, 5.41) is 9.18. The fourth-order valence-electron chi connectivity index (χ4n) is 1.09. The summed E-state index contributed by atoms with van der Waals surface area (Å²) < 4.78 is 30.6. The lowest BCUT2D eigenvalue weighted by molar-refractivity contribution is 0.413. The second kappa shape index (κ2) is 2.77. The molecule has 9 nitrogen and oxygen atoms in total. The molecule has 80 valence electrons. The quantitative estimate of drug-likeness (QED) is 0.517. The molecule has 2 aromatic rings. The third-order valence-electron chi connectivity index (χ3n) is 1.65. The van der Waals surface area contributed by atoms with Gasteiger partial charge in [-0.1, -0.05) is 0 Å². The number of nitrogen functional groups attached to an aromatic ring is 1. The molecule has 0 atom stereocenters. The third-order valence-corrected chi connectivity index (χ3v) is 2.45. The van der Waals surface area contributed by atoms with Crippen molar-refractivity contribution in [2.45, 2.75) is 0 Å². The molecule has 0 aromatic carbocycles. The summed E-state index contributed by atoms with van der Waals surface area (Å²) in [5.74, 6) is -0.0994. The van der Waals surface area contributed by atoms with Crippen molar-refractivity contribution in [2.24, 2.45) is 0 Å². The summed E-state index contributed by atoms with van der Waals surface area (Å²) in [6.07, 6.45) is 0.987. The van der Waals surface area contributed by atoms with Gasteiger partial charge in [0, 0.05) is 0 Å². The minimum Gasteiger partial charge on any atom is -0.479 e. The highest BCUT2D eigenvalue weighted by Crippen LogP contribution is 2.22. The van der Waals surface area contributed by atoms with E-state index in [2.05, 4.69) is 15.0 Å². The van der Waals surface area contributed by atoms with Crippen LogP contribution in [0, 0.1) is 0 Å². The molecule has 0 spiro atoms. The van der Waals surface area contributed by atoms with Gasteiger partial charge in [-0.15, -0.1) is 3.97 Å². The highest BCUT2D eigenvalue weighted by Gasteiger charge is 2.22. The Morgan fingerprint density at radius 2 is 2.07 bits per heavy atom. The predicted octanol–water partition coefficient (Wildman–Crippen LogP) is -1.24. The number of nitrogens with zero attached hydrogens (tertiary/aromatic N) is 4. The Balaban J connectivity index is 2.99. The molecule has 0 saturated heterocycles. The summed E-state index contributed by atoms with van der Waals surface area (Å²) in [6.45, 7) is 0. The second-order valence-corrected chi connectivity index (χ2v) is 3.85. The first-order chi connectivity index (χ1) is 6.91. The van der Waals surface area contributed by atoms with E-state index in [-0.39, 0.29) is 21.0 Å². The monoisotopic (exact) mass is 231 g/mol. The number of hydrogen-bond acceptors (Lipinski definition) is 7. The van der Waals surface area contributed by atoms with Gasteiger partial charge in [0.2, 0.25) is 0 Å². The van der Waals surface area contributed by atoms with Gasteiger partial charge in [-0.2, -0.15) is 13.4 Å². The minimum absolute atomic E-state index is 0.0994. The lowest BCUT2D eigenvalue weighted by Crippen LogP contribution is -2.10. The van der Waals surface area contributed by atoms with Gasteiger partial charge in [0.1, 0.15) is 6.33 Å². The van der Waals surface area contributed by atoms with E-state index in [0.29, 0.717) is 0 Å². The molecule has 0 radical (unpaired) electrons. The van der Waals surface area contributed by atoms with Crippen LogP contribution >= 0.6 is 0 Å². The highest BCUT2D eigenvalue weighted by molar-refractivity contribution is 7.84. The normalized spacial score (nSPS) is 12.1. The number of rotatable bonds is 1. The van der Waals surface area contributed by atoms with Crippen molar-refractivity contribution < 1.29 is 18.1 Å². The van der Waals surface area contributed by atoms with Crippen LogP contribution in [0.1, 0.15) is 0 Å². The minimum atomic E-state index is -4.68. The van der Waals surface area contributed by atoms with Crippen LogP contribution < -0.4 is 5.73 Å². The zero-order valence-corrected chi connectivity index (χ0v) is 7.88. The zero-order valence-electron chi connectivity index (χ0n) is 7.06. The topological polar surface area (TPSA) is 144 Å². The van der Waals surface area contributed by atoms with Crippen LogP contribution in [0.15, 0.2) is 6.33 Å². The first-order valence-electron chi connectivity index (χ1n) is 3.57. The number of nitrogens with two attached hydrogens (primary N) is 1. The van der Waals surface area contributed by atoms with Gasteiger partial charge in [0.25, 0.3) is 0 Å². The molecule has 2 rings (SSSR count). The highest BCUT2D eigenvalue weighted by atomic mass is 32.2. The van der Waals surface area contributed by atoms with Gasteiger partial charge < -0.3 is 10.8 Å². The van der Waals surface area contributed by atoms with Crippen LogP contribution in [0.25, 0.3) is 11.2 Å². The number of hydrogen-bond donors (Lipinski definition) is 3. The van der Waals surface area contributed by atoms with E-state index in [1.54, 1.807) is 0 Å². The largest absolute Gasteiger partial charge is 0.479 e. The average molecular weight is 231 g/mol. The first-order valence-corrected chi connectivity index (χ1v) is 4.97. The Hall–Kier alpha value is -1.94. The molecule has 2 aromatic heterocycles. The van der Waals surface area contributed by atoms with Crippen LogP contribution in [0.2, 0.25) is 0 Å². The van der Waals surface area contributed by atoms with Crippen LogP contribution in [-0.2, 0) is 10.3 Å². The number of aromatic hydroxyl groups is 1. The van der Waals surface area contributed by atoms with Crippen LogP contribution in [0.5, 0.6) is 6.01 Å². The maximum absolute atomic E-state index is 10.9. The Morgan fingerprint density at radius 3 is 2.67 bits per heavy atom. The van der Waals surface area contributed by atoms with Crippen molar-refractivity contribution in [1.82, 2.24) is 18.9 Å². The smallest absolute Gasteiger partial charge is 0.369 e. The van der Waals surface area contributed by atoms with Gasteiger partial charge in [-0.05, 0) is 0 Å². The average Bonchev–Trinajstić information content (AvgIpc) is 2.41. The number of anilines is 1. The molecular formula is C5H5N5O4S. The molecule has 0 bridgehead atoms. The maximum atomic E-state index is 10.9. The Bertz CT molecular complexity index is 632. The molecule has 0 fully saturated rings. The van der Waals surface area contributed by atoms with Gasteiger partial charge in [-0.3, -0.25) is 4.55 Å². The summed E-state index contributed by atoms with van der Waals surface area (Å²) in [7, 11) is -4.68. The standard InChI is InChI=1S/C5H5N5O4S/c6-3-2-4(8-1-7-3)10(5(11)9-2)15(12,13)14/h1H,(H,9,11)(H2,6,7,8)(H,12,13,14). The second-order valence-electron chi connectivity index (χ2n) is 2.59. The van der Waals surface area contributed by atoms with Gasteiger partial charge in [0.05, 0.1) is 0 Å². The Morgan fingerprint density at radius 1 is 1.40 bits per heavy atom. The third kappa shape index (κ3) is 1.35. The summed E-state index contributed by atoms with van der Waals surface area (Å²) in [6, 6.07) is -0.931. The Kier molecular flexibility index (Phi) is 1.78. The van der Waals surface area contributed by atoms with E-state index in [4.69, 9.17) is 10.3 Å². The molecule has 0 aliphatic rings. The van der Waals surface area contributed by atoms with Crippen molar-refractivity contribution in [3.05, 3.63) is 6.33 Å². The molecular weight excluding hydrogens is 226 g/mol. The van der Waals surface area contributed by atoms with Crippen LogP contribution in [-0.4, -0.2) is 37.0 Å². The van der Waals surface area contributed by atoms with Crippen molar-refractivity contribution in [2.75, 3.05) is 5.73 Å². The van der Waals surface area contributed by atoms with Gasteiger partial charge in [-0.25, -0.2) is 9.97 Å². The maximum Gasteiger partial charge on any atom is 0.369 e. The summed E-state index contributed by atoms with van der Waals surface area (Å²) >= 11 is 0. The molecule has 0 saturated carbocycles. The molecule has 10 heteroatoms. The lowest BCUT2D eigenvalue weighted by atomic mass is 10.5. The fraction of sp³-hybridized carbons (Fsp3) is 0. The number of imidazole rings is 1. The molecule has 0 aliphatic carbocycles. The van der Waals surface area contributed by atoms with Gasteiger partial charge in [0.15, 0.2) is 17.0 Å². The Labute approximate surface area is 83.1 Å². The lowest BCUT2D eigenvalue weighted by Gasteiger charge is -1.98. The zero-order chi connectivity index (χ0) is 11.2. The molecule has 0 amide bonds. The van der Waals surface area contributed by atoms with Gasteiger partial charge >= 0.3 is 16.3 Å². The van der Waals surface area contributed by atoms with E-state index >= 15 is 0 Å².